The topological polar surface area (TPSA) is 143 Å². The van der Waals surface area contributed by atoms with Crippen molar-refractivity contribution in [3.63, 3.8) is 0 Å². The highest BCUT2D eigenvalue weighted by molar-refractivity contribution is 9.10. The summed E-state index contributed by atoms with van der Waals surface area (Å²) in [6, 6.07) is 20.5. The minimum atomic E-state index is -0.773. The lowest BCUT2D eigenvalue weighted by atomic mass is 10.1. The first-order valence-corrected chi connectivity index (χ1v) is 13.4. The van der Waals surface area contributed by atoms with Crippen LogP contribution in [-0.4, -0.2) is 57.0 Å². The summed E-state index contributed by atoms with van der Waals surface area (Å²) >= 11 is 3.35. The van der Waals surface area contributed by atoms with Crippen molar-refractivity contribution in [3.05, 3.63) is 108 Å². The van der Waals surface area contributed by atoms with Crippen molar-refractivity contribution in [2.75, 3.05) is 36.0 Å². The van der Waals surface area contributed by atoms with Gasteiger partial charge in [-0.3, -0.25) is 14.8 Å². The van der Waals surface area contributed by atoms with Crippen LogP contribution in [0, 0.1) is 0 Å². The number of fused-ring (bicyclic) bond motifs is 1. The van der Waals surface area contributed by atoms with Gasteiger partial charge >= 0.3 is 11.4 Å². The summed E-state index contributed by atoms with van der Waals surface area (Å²) in [4.78, 5) is 54.1. The Morgan fingerprint density at radius 3 is 2.15 bits per heavy atom. The number of imidazole rings is 1. The summed E-state index contributed by atoms with van der Waals surface area (Å²) in [6.07, 6.45) is 1.23. The SMILES string of the molecule is O=c1[nH]c2cc(N=Cc3c(O)n(-c4ccc(Br)cc4)c(=O)[nH]c3=O)c(N3CCN(c4ccccc4)CC3)cc2[nH]1. The molecule has 1 aliphatic heterocycles. The molecular formula is C28H24BrN7O4. The predicted molar refractivity (Wildman–Crippen MR) is 159 cm³/mol. The van der Waals surface area contributed by atoms with Gasteiger partial charge < -0.3 is 24.9 Å². The first kappa shape index (κ1) is 25.4. The van der Waals surface area contributed by atoms with Gasteiger partial charge in [0.1, 0.15) is 5.56 Å². The monoisotopic (exact) mass is 601 g/mol. The van der Waals surface area contributed by atoms with E-state index < -0.39 is 17.1 Å². The maximum Gasteiger partial charge on any atom is 0.335 e. The number of H-pyrrole nitrogens is 3. The van der Waals surface area contributed by atoms with Crippen molar-refractivity contribution in [1.82, 2.24) is 19.5 Å². The zero-order chi connectivity index (χ0) is 27.8. The molecule has 0 unspecified atom stereocenters. The number of aromatic hydroxyl groups is 1. The van der Waals surface area contributed by atoms with E-state index in [1.54, 1.807) is 30.3 Å². The third kappa shape index (κ3) is 4.84. The number of aliphatic imine (C=N–C) groups is 1. The number of benzene rings is 3. The zero-order valence-electron chi connectivity index (χ0n) is 21.1. The summed E-state index contributed by atoms with van der Waals surface area (Å²) in [6.45, 7) is 2.98. The first-order chi connectivity index (χ1) is 19.4. The molecule has 0 saturated carbocycles. The minimum Gasteiger partial charge on any atom is -0.493 e. The van der Waals surface area contributed by atoms with Gasteiger partial charge in [0, 0.05) is 42.6 Å². The zero-order valence-corrected chi connectivity index (χ0v) is 22.7. The standard InChI is InChI=1S/C28H24BrN7O4/c29-17-6-8-19(9-7-17)36-26(38)20(25(37)33-28(36)40)16-30-23-14-21-22(32-27(39)31-21)15-24(23)35-12-10-34(11-13-35)18-4-2-1-3-5-18/h1-9,14-16,38H,10-13H2,(H2,31,32,39)(H,33,37,40). The number of nitrogens with one attached hydrogen (secondary N) is 3. The van der Waals surface area contributed by atoms with Crippen LogP contribution in [0.5, 0.6) is 5.88 Å². The molecule has 0 amide bonds. The highest BCUT2D eigenvalue weighted by Gasteiger charge is 2.21. The molecule has 0 bridgehead atoms. The molecule has 3 aromatic carbocycles. The molecule has 6 rings (SSSR count). The predicted octanol–water partition coefficient (Wildman–Crippen LogP) is 3.24. The van der Waals surface area contributed by atoms with Gasteiger partial charge in [0.05, 0.1) is 28.1 Å². The fourth-order valence-corrected chi connectivity index (χ4v) is 5.14. The molecule has 11 nitrogen and oxygen atoms in total. The Kier molecular flexibility index (Phi) is 6.60. The fourth-order valence-electron chi connectivity index (χ4n) is 4.88. The smallest absolute Gasteiger partial charge is 0.335 e. The van der Waals surface area contributed by atoms with Crippen LogP contribution in [0.3, 0.4) is 0 Å². The van der Waals surface area contributed by atoms with Gasteiger partial charge in [0.15, 0.2) is 0 Å². The van der Waals surface area contributed by atoms with Gasteiger partial charge in [0.2, 0.25) is 5.88 Å². The van der Waals surface area contributed by atoms with Crippen LogP contribution in [0.2, 0.25) is 0 Å². The number of piperazine rings is 1. The molecule has 4 N–H and O–H groups in total. The molecule has 3 heterocycles. The maximum absolute atomic E-state index is 12.7. The summed E-state index contributed by atoms with van der Waals surface area (Å²) in [5, 5.41) is 11.0. The van der Waals surface area contributed by atoms with Crippen LogP contribution in [-0.2, 0) is 0 Å². The van der Waals surface area contributed by atoms with Crippen LogP contribution in [0.25, 0.3) is 16.7 Å². The lowest BCUT2D eigenvalue weighted by Crippen LogP contribution is -2.46. The lowest BCUT2D eigenvalue weighted by molar-refractivity contribution is 0.430. The molecule has 5 aromatic rings. The van der Waals surface area contributed by atoms with E-state index in [-0.39, 0.29) is 11.3 Å². The van der Waals surface area contributed by atoms with E-state index in [9.17, 15) is 19.5 Å². The second-order valence-electron chi connectivity index (χ2n) is 9.34. The lowest BCUT2D eigenvalue weighted by Gasteiger charge is -2.37. The van der Waals surface area contributed by atoms with E-state index in [2.05, 4.69) is 57.8 Å². The number of nitrogens with zero attached hydrogens (tertiary/aromatic N) is 4. The highest BCUT2D eigenvalue weighted by Crippen LogP contribution is 2.33. The number of halogens is 1. The van der Waals surface area contributed by atoms with Crippen LogP contribution < -0.4 is 26.7 Å². The van der Waals surface area contributed by atoms with Crippen LogP contribution >= 0.6 is 15.9 Å². The quantitative estimate of drug-likeness (QED) is 0.228. The molecule has 1 saturated heterocycles. The fraction of sp³-hybridized carbons (Fsp3) is 0.143. The number of anilines is 2. The number of rotatable bonds is 5. The Hall–Kier alpha value is -4.84. The van der Waals surface area contributed by atoms with Gasteiger partial charge in [-0.1, -0.05) is 34.1 Å². The largest absolute Gasteiger partial charge is 0.493 e. The highest BCUT2D eigenvalue weighted by atomic mass is 79.9. The minimum absolute atomic E-state index is 0.176. The van der Waals surface area contributed by atoms with E-state index in [1.165, 1.54) is 6.21 Å². The molecule has 40 heavy (non-hydrogen) atoms. The molecule has 0 spiro atoms. The van der Waals surface area contributed by atoms with E-state index >= 15 is 0 Å². The Morgan fingerprint density at radius 1 is 0.800 bits per heavy atom. The normalized spacial score (nSPS) is 13.9. The first-order valence-electron chi connectivity index (χ1n) is 12.6. The van der Waals surface area contributed by atoms with Crippen LogP contribution in [0.4, 0.5) is 17.1 Å². The summed E-state index contributed by atoms with van der Waals surface area (Å²) in [7, 11) is 0. The molecule has 0 atom stereocenters. The molecule has 2 aromatic heterocycles. The summed E-state index contributed by atoms with van der Waals surface area (Å²) in [5.41, 5.74) is 1.92. The molecule has 12 heteroatoms. The molecule has 0 aliphatic carbocycles. The van der Waals surface area contributed by atoms with Crippen LogP contribution in [0.15, 0.2) is 90.6 Å². The van der Waals surface area contributed by atoms with Gasteiger partial charge in [-0.2, -0.15) is 0 Å². The summed E-state index contributed by atoms with van der Waals surface area (Å²) < 4.78 is 1.80. The third-order valence-electron chi connectivity index (χ3n) is 6.89. The van der Waals surface area contributed by atoms with E-state index in [0.29, 0.717) is 35.5 Å². The maximum atomic E-state index is 12.7. The Balaban J connectivity index is 1.38. The molecule has 0 radical (unpaired) electrons. The van der Waals surface area contributed by atoms with Gasteiger partial charge in [0.25, 0.3) is 5.56 Å². The number of aromatic nitrogens is 4. The second-order valence-corrected chi connectivity index (χ2v) is 10.3. The number of hydrogen-bond acceptors (Lipinski definition) is 7. The Labute approximate surface area is 235 Å². The molecule has 1 aliphatic rings. The van der Waals surface area contributed by atoms with Gasteiger partial charge in [-0.15, -0.1) is 0 Å². The van der Waals surface area contributed by atoms with Crippen molar-refractivity contribution in [2.24, 2.45) is 4.99 Å². The van der Waals surface area contributed by atoms with E-state index in [1.807, 2.05) is 24.3 Å². The van der Waals surface area contributed by atoms with Crippen molar-refractivity contribution in [3.8, 4) is 11.6 Å². The van der Waals surface area contributed by atoms with E-state index in [0.717, 1.165) is 33.5 Å². The molecular weight excluding hydrogens is 578 g/mol. The number of aromatic amines is 3. The number of hydrogen-bond donors (Lipinski definition) is 4. The molecule has 1 fully saturated rings. The average molecular weight is 602 g/mol. The van der Waals surface area contributed by atoms with Gasteiger partial charge in [-0.05, 0) is 48.5 Å². The average Bonchev–Trinajstić information content (AvgIpc) is 3.32. The van der Waals surface area contributed by atoms with E-state index in [4.69, 9.17) is 0 Å². The van der Waals surface area contributed by atoms with Crippen molar-refractivity contribution >= 4 is 50.2 Å². The molecule has 202 valence electrons. The summed E-state index contributed by atoms with van der Waals surface area (Å²) in [5.74, 6) is -0.533. The Morgan fingerprint density at radius 2 is 1.45 bits per heavy atom. The van der Waals surface area contributed by atoms with Crippen molar-refractivity contribution in [2.45, 2.75) is 0 Å². The Bertz CT molecular complexity index is 1900. The third-order valence-corrected chi connectivity index (χ3v) is 7.42. The second kappa shape index (κ2) is 10.4. The van der Waals surface area contributed by atoms with Gasteiger partial charge in [-0.25, -0.2) is 14.2 Å². The van der Waals surface area contributed by atoms with Crippen molar-refractivity contribution in [1.29, 1.82) is 0 Å². The van der Waals surface area contributed by atoms with Crippen LogP contribution in [0.1, 0.15) is 5.56 Å². The number of para-hydroxylation sites is 1. The van der Waals surface area contributed by atoms with Crippen molar-refractivity contribution < 1.29 is 5.11 Å².